The van der Waals surface area contributed by atoms with Gasteiger partial charge in [0.2, 0.25) is 11.8 Å². The van der Waals surface area contributed by atoms with Crippen LogP contribution in [0.3, 0.4) is 0 Å². The molecule has 0 unspecified atom stereocenters. The molecule has 0 spiro atoms. The number of nitrogens with one attached hydrogen (secondary N) is 1. The van der Waals surface area contributed by atoms with Crippen molar-refractivity contribution in [2.24, 2.45) is 0 Å². The molecule has 0 aliphatic rings. The molecule has 3 aromatic rings. The van der Waals surface area contributed by atoms with Crippen LogP contribution in [0.5, 0.6) is 0 Å². The first-order valence-corrected chi connectivity index (χ1v) is 14.0. The molecule has 11 heteroatoms. The monoisotopic (exact) mass is 581 g/mol. The van der Waals surface area contributed by atoms with E-state index in [0.717, 1.165) is 4.31 Å². The topological polar surface area (TPSA) is 86.8 Å². The number of halogens is 3. The van der Waals surface area contributed by atoms with Gasteiger partial charge in [0.25, 0.3) is 10.0 Å². The average molecular weight is 583 g/mol. The molecule has 0 bridgehead atoms. The molecule has 0 heterocycles. The van der Waals surface area contributed by atoms with Crippen LogP contribution in [0.1, 0.15) is 19.4 Å². The minimum Gasteiger partial charge on any atom is -0.355 e. The van der Waals surface area contributed by atoms with Gasteiger partial charge in [-0.05, 0) is 49.7 Å². The molecule has 0 saturated heterocycles. The zero-order valence-corrected chi connectivity index (χ0v) is 23.3. The summed E-state index contributed by atoms with van der Waals surface area (Å²) < 4.78 is 28.4. The van der Waals surface area contributed by atoms with E-state index in [1.54, 1.807) is 62.4 Å². The van der Waals surface area contributed by atoms with Crippen molar-refractivity contribution >= 4 is 62.3 Å². The lowest BCUT2D eigenvalue weighted by atomic mass is 10.1. The van der Waals surface area contributed by atoms with Gasteiger partial charge in [0.05, 0.1) is 20.6 Å². The first-order chi connectivity index (χ1) is 17.6. The highest BCUT2D eigenvalue weighted by molar-refractivity contribution is 7.92. The van der Waals surface area contributed by atoms with Gasteiger partial charge in [-0.1, -0.05) is 77.3 Å². The first kappa shape index (κ1) is 28.8. The number of carbonyl (C=O) groups is 2. The fourth-order valence-electron chi connectivity index (χ4n) is 3.63. The van der Waals surface area contributed by atoms with Gasteiger partial charge in [0.15, 0.2) is 0 Å². The average Bonchev–Trinajstić information content (AvgIpc) is 2.88. The fraction of sp³-hybridized carbons (Fsp3) is 0.231. The number of anilines is 1. The summed E-state index contributed by atoms with van der Waals surface area (Å²) in [7, 11) is -4.24. The molecule has 3 rings (SSSR count). The SMILES string of the molecule is CCNC(=O)[C@H](C)N(Cc1ccccc1Cl)C(=O)CN(c1cccc(Cl)c1Cl)S(=O)(=O)c1ccccc1. The molecule has 0 aliphatic heterocycles. The predicted molar refractivity (Wildman–Crippen MR) is 148 cm³/mol. The molecular weight excluding hydrogens is 557 g/mol. The lowest BCUT2D eigenvalue weighted by Gasteiger charge is -2.32. The van der Waals surface area contributed by atoms with Crippen molar-refractivity contribution < 1.29 is 18.0 Å². The van der Waals surface area contributed by atoms with Gasteiger partial charge in [-0.15, -0.1) is 0 Å². The first-order valence-electron chi connectivity index (χ1n) is 11.4. The molecule has 1 atom stereocenters. The molecule has 2 amide bonds. The summed E-state index contributed by atoms with van der Waals surface area (Å²) in [5.74, 6) is -1.02. The van der Waals surface area contributed by atoms with E-state index in [9.17, 15) is 18.0 Å². The Morgan fingerprint density at radius 1 is 0.892 bits per heavy atom. The van der Waals surface area contributed by atoms with Crippen molar-refractivity contribution in [2.75, 3.05) is 17.4 Å². The maximum atomic E-state index is 13.8. The molecule has 0 fully saturated rings. The summed E-state index contributed by atoms with van der Waals surface area (Å²) in [6.07, 6.45) is 0. The van der Waals surface area contributed by atoms with E-state index >= 15 is 0 Å². The Kier molecular flexibility index (Phi) is 9.84. The normalized spacial score (nSPS) is 12.0. The summed E-state index contributed by atoms with van der Waals surface area (Å²) >= 11 is 18.9. The van der Waals surface area contributed by atoms with Crippen LogP contribution in [0.15, 0.2) is 77.7 Å². The number of hydrogen-bond acceptors (Lipinski definition) is 4. The van der Waals surface area contributed by atoms with Crippen molar-refractivity contribution in [3.8, 4) is 0 Å². The quantitative estimate of drug-likeness (QED) is 0.347. The summed E-state index contributed by atoms with van der Waals surface area (Å²) in [6.45, 7) is 3.05. The molecule has 196 valence electrons. The Hall–Kier alpha value is -2.78. The van der Waals surface area contributed by atoms with Crippen molar-refractivity contribution in [1.82, 2.24) is 10.2 Å². The van der Waals surface area contributed by atoms with Crippen LogP contribution in [0.2, 0.25) is 15.1 Å². The van der Waals surface area contributed by atoms with Crippen molar-refractivity contribution in [3.05, 3.63) is 93.4 Å². The second-order valence-electron chi connectivity index (χ2n) is 8.08. The zero-order chi connectivity index (χ0) is 27.2. The lowest BCUT2D eigenvalue weighted by Crippen LogP contribution is -2.51. The molecule has 7 nitrogen and oxygen atoms in total. The van der Waals surface area contributed by atoms with Gasteiger partial charge in [0, 0.05) is 18.1 Å². The highest BCUT2D eigenvalue weighted by atomic mass is 35.5. The number of sulfonamides is 1. The Morgan fingerprint density at radius 2 is 1.51 bits per heavy atom. The van der Waals surface area contributed by atoms with Crippen LogP contribution in [-0.2, 0) is 26.2 Å². The van der Waals surface area contributed by atoms with Crippen LogP contribution in [0.4, 0.5) is 5.69 Å². The standard InChI is InChI=1S/C26H26Cl3N3O4S/c1-3-30-26(34)18(2)31(16-19-10-7-8-13-21(19)27)24(33)17-32(23-15-9-14-22(28)25(23)29)37(35,36)20-11-5-4-6-12-20/h4-15,18H,3,16-17H2,1-2H3,(H,30,34)/t18-/m0/s1. The van der Waals surface area contributed by atoms with Crippen LogP contribution in [0, 0.1) is 0 Å². The Bertz CT molecular complexity index is 1370. The number of amides is 2. The summed E-state index contributed by atoms with van der Waals surface area (Å²) in [5.41, 5.74) is 0.640. The van der Waals surface area contributed by atoms with Gasteiger partial charge in [-0.25, -0.2) is 8.42 Å². The van der Waals surface area contributed by atoms with Gasteiger partial charge in [-0.2, -0.15) is 0 Å². The van der Waals surface area contributed by atoms with Crippen LogP contribution < -0.4 is 9.62 Å². The van der Waals surface area contributed by atoms with Crippen molar-refractivity contribution in [3.63, 3.8) is 0 Å². The lowest BCUT2D eigenvalue weighted by molar-refractivity contribution is -0.139. The molecule has 0 aliphatic carbocycles. The minimum atomic E-state index is -4.24. The molecule has 0 radical (unpaired) electrons. The summed E-state index contributed by atoms with van der Waals surface area (Å²) in [6, 6.07) is 18.2. The van der Waals surface area contributed by atoms with Crippen LogP contribution in [-0.4, -0.2) is 44.3 Å². The molecule has 0 aromatic heterocycles. The van der Waals surface area contributed by atoms with Gasteiger partial charge in [0.1, 0.15) is 12.6 Å². The molecule has 37 heavy (non-hydrogen) atoms. The number of hydrogen-bond donors (Lipinski definition) is 1. The Morgan fingerprint density at radius 3 is 2.16 bits per heavy atom. The molecular formula is C26H26Cl3N3O4S. The summed E-state index contributed by atoms with van der Waals surface area (Å²) in [4.78, 5) is 27.8. The number of likely N-dealkylation sites (N-methyl/N-ethyl adjacent to an activating group) is 1. The minimum absolute atomic E-state index is 0.0146. The Balaban J connectivity index is 2.08. The van der Waals surface area contributed by atoms with Gasteiger partial charge >= 0.3 is 0 Å². The highest BCUT2D eigenvalue weighted by Crippen LogP contribution is 2.35. The highest BCUT2D eigenvalue weighted by Gasteiger charge is 2.33. The van der Waals surface area contributed by atoms with Crippen LogP contribution >= 0.6 is 34.8 Å². The third-order valence-electron chi connectivity index (χ3n) is 5.63. The number of carbonyl (C=O) groups excluding carboxylic acids is 2. The van der Waals surface area contributed by atoms with Gasteiger partial charge < -0.3 is 10.2 Å². The van der Waals surface area contributed by atoms with E-state index in [4.69, 9.17) is 34.8 Å². The molecule has 3 aromatic carbocycles. The van der Waals surface area contributed by atoms with E-state index in [0.29, 0.717) is 17.1 Å². The number of benzene rings is 3. The van der Waals surface area contributed by atoms with Crippen molar-refractivity contribution in [1.29, 1.82) is 0 Å². The van der Waals surface area contributed by atoms with E-state index < -0.39 is 28.5 Å². The smallest absolute Gasteiger partial charge is 0.264 e. The number of nitrogens with zero attached hydrogens (tertiary/aromatic N) is 2. The van der Waals surface area contributed by atoms with Crippen LogP contribution in [0.25, 0.3) is 0 Å². The van der Waals surface area contributed by atoms with E-state index in [-0.39, 0.29) is 33.1 Å². The largest absolute Gasteiger partial charge is 0.355 e. The van der Waals surface area contributed by atoms with E-state index in [2.05, 4.69) is 5.32 Å². The molecule has 1 N–H and O–H groups in total. The van der Waals surface area contributed by atoms with Gasteiger partial charge in [-0.3, -0.25) is 13.9 Å². The van der Waals surface area contributed by atoms with E-state index in [1.165, 1.54) is 29.2 Å². The number of rotatable bonds is 10. The van der Waals surface area contributed by atoms with E-state index in [1.807, 2.05) is 0 Å². The van der Waals surface area contributed by atoms with Crippen molar-refractivity contribution in [2.45, 2.75) is 31.3 Å². The zero-order valence-electron chi connectivity index (χ0n) is 20.2. The Labute approximate surface area is 232 Å². The summed E-state index contributed by atoms with van der Waals surface area (Å²) in [5, 5.41) is 3.22. The third-order valence-corrected chi connectivity index (χ3v) is 8.58. The maximum Gasteiger partial charge on any atom is 0.264 e. The fourth-order valence-corrected chi connectivity index (χ4v) is 5.72. The molecule has 0 saturated carbocycles. The second-order valence-corrected chi connectivity index (χ2v) is 11.1. The predicted octanol–water partition coefficient (Wildman–Crippen LogP) is 5.40. The second kappa shape index (κ2) is 12.6. The third kappa shape index (κ3) is 6.76. The maximum absolute atomic E-state index is 13.8.